The van der Waals surface area contributed by atoms with E-state index in [9.17, 15) is 22.4 Å². The van der Waals surface area contributed by atoms with E-state index < -0.39 is 36.0 Å². The van der Waals surface area contributed by atoms with Crippen LogP contribution in [0.1, 0.15) is 44.2 Å². The third-order valence-electron chi connectivity index (χ3n) is 4.19. The van der Waals surface area contributed by atoms with Crippen molar-refractivity contribution in [2.45, 2.75) is 50.9 Å². The van der Waals surface area contributed by atoms with Gasteiger partial charge in [0.15, 0.2) is 0 Å². The fraction of sp³-hybridized carbons (Fsp3) is 0.562. The second kappa shape index (κ2) is 7.19. The van der Waals surface area contributed by atoms with Crippen LogP contribution in [0.2, 0.25) is 0 Å². The van der Waals surface area contributed by atoms with Gasteiger partial charge in [0, 0.05) is 11.6 Å². The van der Waals surface area contributed by atoms with Gasteiger partial charge in [-0.05, 0) is 32.3 Å². The zero-order valence-electron chi connectivity index (χ0n) is 12.8. The maximum absolute atomic E-state index is 13.6. The molecule has 1 aromatic rings. The number of alkyl halides is 3. The van der Waals surface area contributed by atoms with Gasteiger partial charge in [0.25, 0.3) is 0 Å². The first-order valence-corrected chi connectivity index (χ1v) is 7.65. The molecule has 3 nitrogen and oxygen atoms in total. The second-order valence-electron chi connectivity index (χ2n) is 5.96. The van der Waals surface area contributed by atoms with E-state index in [1.54, 1.807) is 25.1 Å². The van der Waals surface area contributed by atoms with Gasteiger partial charge in [0.1, 0.15) is 5.82 Å². The topological polar surface area (TPSA) is 41.1 Å². The Kier molecular flexibility index (Phi) is 5.49. The number of carbonyl (C=O) groups is 1. The Morgan fingerprint density at radius 2 is 1.96 bits per heavy atom. The highest BCUT2D eigenvalue weighted by atomic mass is 19.4. The Bertz CT molecular complexity index is 547. The Morgan fingerprint density at radius 1 is 1.26 bits per heavy atom. The highest BCUT2D eigenvalue weighted by Crippen LogP contribution is 2.37. The zero-order valence-corrected chi connectivity index (χ0v) is 12.8. The largest absolute Gasteiger partial charge is 0.391 e. The van der Waals surface area contributed by atoms with Crippen LogP contribution in [0.15, 0.2) is 24.3 Å². The molecule has 1 saturated carbocycles. The molecule has 2 N–H and O–H groups in total. The fourth-order valence-electron chi connectivity index (χ4n) is 2.95. The van der Waals surface area contributed by atoms with Crippen LogP contribution in [-0.2, 0) is 0 Å². The van der Waals surface area contributed by atoms with Crippen molar-refractivity contribution in [3.05, 3.63) is 35.6 Å². The van der Waals surface area contributed by atoms with E-state index in [0.717, 1.165) is 0 Å². The molecule has 2 amide bonds. The molecule has 1 fully saturated rings. The summed E-state index contributed by atoms with van der Waals surface area (Å²) in [6.45, 7) is 1.62. The summed E-state index contributed by atoms with van der Waals surface area (Å²) in [6, 6.07) is 4.39. The van der Waals surface area contributed by atoms with Gasteiger partial charge in [-0.15, -0.1) is 0 Å². The Labute approximate surface area is 132 Å². The summed E-state index contributed by atoms with van der Waals surface area (Å²) >= 11 is 0. The van der Waals surface area contributed by atoms with Gasteiger partial charge < -0.3 is 10.6 Å². The third kappa shape index (κ3) is 4.84. The standard InChI is InChI=1S/C16H20F4N2O/c1-10(13-7-2-3-8-14(13)17)21-15(23)22-12-6-4-5-11(9-12)16(18,19)20/h2-3,7-8,10-12H,4-6,9H2,1H3,(H2,21,22,23)/t10-,11-,12+/m0/s1. The molecule has 3 atom stereocenters. The van der Waals surface area contributed by atoms with Gasteiger partial charge in [-0.3, -0.25) is 0 Å². The van der Waals surface area contributed by atoms with Gasteiger partial charge in [0.2, 0.25) is 0 Å². The molecule has 7 heteroatoms. The van der Waals surface area contributed by atoms with Crippen molar-refractivity contribution in [2.75, 3.05) is 0 Å². The molecule has 1 aliphatic rings. The van der Waals surface area contributed by atoms with Crippen LogP contribution in [0.3, 0.4) is 0 Å². The van der Waals surface area contributed by atoms with Crippen LogP contribution >= 0.6 is 0 Å². The number of rotatable bonds is 3. The molecule has 2 rings (SSSR count). The molecule has 0 bridgehead atoms. The summed E-state index contributed by atoms with van der Waals surface area (Å²) in [5.74, 6) is -1.80. The number of amides is 2. The lowest BCUT2D eigenvalue weighted by Crippen LogP contribution is -2.46. The van der Waals surface area contributed by atoms with Gasteiger partial charge in [-0.2, -0.15) is 13.2 Å². The molecule has 0 unspecified atom stereocenters. The molecular formula is C16H20F4N2O. The first kappa shape index (κ1) is 17.6. The van der Waals surface area contributed by atoms with E-state index >= 15 is 0 Å². The number of hydrogen-bond donors (Lipinski definition) is 2. The van der Waals surface area contributed by atoms with Crippen LogP contribution in [0.5, 0.6) is 0 Å². The lowest BCUT2D eigenvalue weighted by molar-refractivity contribution is -0.183. The minimum absolute atomic E-state index is 0.106. The summed E-state index contributed by atoms with van der Waals surface area (Å²) in [6.07, 6.45) is -3.27. The fourth-order valence-corrected chi connectivity index (χ4v) is 2.95. The molecule has 23 heavy (non-hydrogen) atoms. The van der Waals surface area contributed by atoms with Gasteiger partial charge in [0.05, 0.1) is 12.0 Å². The van der Waals surface area contributed by atoms with Gasteiger partial charge in [-0.25, -0.2) is 9.18 Å². The average molecular weight is 332 g/mol. The zero-order chi connectivity index (χ0) is 17.0. The second-order valence-corrected chi connectivity index (χ2v) is 5.96. The van der Waals surface area contributed by atoms with Crippen molar-refractivity contribution >= 4 is 6.03 Å². The van der Waals surface area contributed by atoms with E-state index in [2.05, 4.69) is 10.6 Å². The predicted octanol–water partition coefficient (Wildman–Crippen LogP) is 4.31. The first-order valence-electron chi connectivity index (χ1n) is 7.65. The number of carbonyl (C=O) groups excluding carboxylic acids is 1. The van der Waals surface area contributed by atoms with Crippen molar-refractivity contribution in [3.63, 3.8) is 0 Å². The normalized spacial score (nSPS) is 23.2. The van der Waals surface area contributed by atoms with Crippen molar-refractivity contribution in [1.82, 2.24) is 10.6 Å². The molecule has 0 radical (unpaired) electrons. The molecule has 0 aliphatic heterocycles. The SMILES string of the molecule is C[C@H](NC(=O)N[C@@H]1CCC[C@H](C(F)(F)F)C1)c1ccccc1F. The lowest BCUT2D eigenvalue weighted by atomic mass is 9.85. The maximum atomic E-state index is 13.6. The van der Waals surface area contributed by atoms with Crippen LogP contribution in [0, 0.1) is 11.7 Å². The smallest absolute Gasteiger partial charge is 0.335 e. The minimum atomic E-state index is -4.22. The number of hydrogen-bond acceptors (Lipinski definition) is 1. The maximum Gasteiger partial charge on any atom is 0.391 e. The summed E-state index contributed by atoms with van der Waals surface area (Å²) < 4.78 is 51.9. The van der Waals surface area contributed by atoms with E-state index in [4.69, 9.17) is 0 Å². The van der Waals surface area contributed by atoms with Crippen LogP contribution < -0.4 is 10.6 Å². The highest BCUT2D eigenvalue weighted by molar-refractivity contribution is 5.74. The Morgan fingerprint density at radius 3 is 2.61 bits per heavy atom. The molecule has 1 aromatic carbocycles. The number of nitrogens with one attached hydrogen (secondary N) is 2. The molecule has 0 spiro atoms. The monoisotopic (exact) mass is 332 g/mol. The summed E-state index contributed by atoms with van der Waals surface area (Å²) in [7, 11) is 0. The van der Waals surface area contributed by atoms with Gasteiger partial charge in [-0.1, -0.05) is 24.6 Å². The molecular weight excluding hydrogens is 312 g/mol. The minimum Gasteiger partial charge on any atom is -0.335 e. The quantitative estimate of drug-likeness (QED) is 0.796. The van der Waals surface area contributed by atoms with E-state index in [-0.39, 0.29) is 12.8 Å². The first-order chi connectivity index (χ1) is 10.8. The highest BCUT2D eigenvalue weighted by Gasteiger charge is 2.42. The van der Waals surface area contributed by atoms with Crippen molar-refractivity contribution in [3.8, 4) is 0 Å². The van der Waals surface area contributed by atoms with E-state index in [1.807, 2.05) is 0 Å². The van der Waals surface area contributed by atoms with Crippen molar-refractivity contribution in [1.29, 1.82) is 0 Å². The van der Waals surface area contributed by atoms with Gasteiger partial charge >= 0.3 is 12.2 Å². The summed E-state index contributed by atoms with van der Waals surface area (Å²) in [4.78, 5) is 11.9. The number of benzene rings is 1. The van der Waals surface area contributed by atoms with E-state index in [0.29, 0.717) is 18.4 Å². The third-order valence-corrected chi connectivity index (χ3v) is 4.19. The summed E-state index contributed by atoms with van der Waals surface area (Å²) in [5, 5.41) is 5.14. The van der Waals surface area contributed by atoms with Crippen LogP contribution in [-0.4, -0.2) is 18.2 Å². The van der Waals surface area contributed by atoms with Crippen molar-refractivity contribution in [2.24, 2.45) is 5.92 Å². The molecule has 0 aromatic heterocycles. The molecule has 0 heterocycles. The molecule has 0 saturated heterocycles. The molecule has 128 valence electrons. The summed E-state index contributed by atoms with van der Waals surface area (Å²) in [5.41, 5.74) is 0.333. The Balaban J connectivity index is 1.88. The Hall–Kier alpha value is -1.79. The van der Waals surface area contributed by atoms with E-state index in [1.165, 1.54) is 6.07 Å². The van der Waals surface area contributed by atoms with Crippen LogP contribution in [0.4, 0.5) is 22.4 Å². The predicted molar refractivity (Wildman–Crippen MR) is 78.3 cm³/mol. The average Bonchev–Trinajstić information content (AvgIpc) is 2.46. The van der Waals surface area contributed by atoms with Crippen LogP contribution in [0.25, 0.3) is 0 Å². The molecule has 1 aliphatic carbocycles. The van der Waals surface area contributed by atoms with Crippen molar-refractivity contribution < 1.29 is 22.4 Å². The number of halogens is 4. The number of urea groups is 1. The lowest BCUT2D eigenvalue weighted by Gasteiger charge is -2.31.